The van der Waals surface area contributed by atoms with E-state index < -0.39 is 0 Å². The summed E-state index contributed by atoms with van der Waals surface area (Å²) in [5.74, 6) is 0.173. The number of ether oxygens (including phenoxy) is 1. The minimum Gasteiger partial charge on any atom is -0.496 e. The van der Waals surface area contributed by atoms with Gasteiger partial charge in [-0.2, -0.15) is 0 Å². The zero-order valence-corrected chi connectivity index (χ0v) is 13.2. The second-order valence-corrected chi connectivity index (χ2v) is 5.45. The van der Waals surface area contributed by atoms with Gasteiger partial charge in [-0.15, -0.1) is 0 Å². The standard InChI is InChI=1S/C18H19NO3/c1-11(2)14-10-15(12(3)9-16(14)20)19-18(21)13-7-5-6-8-17(13)22-4/h5-11H,1-4H3. The van der Waals surface area contributed by atoms with Crippen LogP contribution in [0.25, 0.3) is 0 Å². The Morgan fingerprint density at radius 1 is 1.18 bits per heavy atom. The average molecular weight is 297 g/mol. The highest BCUT2D eigenvalue weighted by atomic mass is 16.5. The van der Waals surface area contributed by atoms with Crippen LogP contribution in [-0.4, -0.2) is 24.5 Å². The van der Waals surface area contributed by atoms with Crippen LogP contribution in [0.3, 0.4) is 0 Å². The number of hydrogen-bond donors (Lipinski definition) is 0. The third-order valence-corrected chi connectivity index (χ3v) is 3.51. The first-order valence-corrected chi connectivity index (χ1v) is 7.14. The lowest BCUT2D eigenvalue weighted by Gasteiger charge is -2.15. The fourth-order valence-corrected chi connectivity index (χ4v) is 2.25. The molecule has 0 spiro atoms. The predicted molar refractivity (Wildman–Crippen MR) is 86.4 cm³/mol. The fraction of sp³-hybridized carbons (Fsp3) is 0.278. The van der Waals surface area contributed by atoms with Crippen molar-refractivity contribution in [1.82, 2.24) is 0 Å². The van der Waals surface area contributed by atoms with E-state index >= 15 is 0 Å². The molecule has 0 fully saturated rings. The second kappa shape index (κ2) is 6.52. The van der Waals surface area contributed by atoms with Crippen molar-refractivity contribution >= 4 is 17.4 Å². The number of aliphatic imine (C=N–C) groups is 1. The summed E-state index contributed by atoms with van der Waals surface area (Å²) in [4.78, 5) is 28.5. The van der Waals surface area contributed by atoms with Gasteiger partial charge < -0.3 is 4.74 Å². The van der Waals surface area contributed by atoms with Crippen molar-refractivity contribution in [1.29, 1.82) is 0 Å². The topological polar surface area (TPSA) is 55.7 Å². The molecule has 0 saturated carbocycles. The van der Waals surface area contributed by atoms with Crippen molar-refractivity contribution in [2.45, 2.75) is 20.8 Å². The van der Waals surface area contributed by atoms with Crippen LogP contribution >= 0.6 is 0 Å². The Hall–Kier alpha value is -2.49. The molecule has 4 nitrogen and oxygen atoms in total. The number of hydrogen-bond acceptors (Lipinski definition) is 3. The van der Waals surface area contributed by atoms with E-state index in [1.165, 1.54) is 13.2 Å². The van der Waals surface area contributed by atoms with Crippen molar-refractivity contribution < 1.29 is 14.3 Å². The van der Waals surface area contributed by atoms with Crippen LogP contribution in [0.4, 0.5) is 0 Å². The smallest absolute Gasteiger partial charge is 0.281 e. The first kappa shape index (κ1) is 15.9. The Balaban J connectivity index is 2.41. The van der Waals surface area contributed by atoms with E-state index in [-0.39, 0.29) is 17.6 Å². The molecule has 0 aromatic heterocycles. The number of ketones is 1. The zero-order chi connectivity index (χ0) is 16.3. The van der Waals surface area contributed by atoms with Gasteiger partial charge in [-0.1, -0.05) is 26.0 Å². The average Bonchev–Trinajstić information content (AvgIpc) is 2.49. The number of methoxy groups -OCH3 is 1. The first-order chi connectivity index (χ1) is 10.4. The molecule has 0 unspecified atom stereocenters. The van der Waals surface area contributed by atoms with E-state index in [9.17, 15) is 9.59 Å². The number of carbonyl (C=O) groups is 2. The lowest BCUT2D eigenvalue weighted by molar-refractivity contribution is -0.111. The largest absolute Gasteiger partial charge is 0.496 e. The maximum absolute atomic E-state index is 12.4. The molecule has 1 amide bonds. The second-order valence-electron chi connectivity index (χ2n) is 5.45. The number of carbonyl (C=O) groups excluding carboxylic acids is 2. The highest BCUT2D eigenvalue weighted by Gasteiger charge is 2.20. The maximum Gasteiger partial charge on any atom is 0.281 e. The van der Waals surface area contributed by atoms with Crippen LogP contribution in [0.2, 0.25) is 0 Å². The van der Waals surface area contributed by atoms with Gasteiger partial charge in [-0.25, -0.2) is 4.99 Å². The molecule has 0 radical (unpaired) electrons. The van der Waals surface area contributed by atoms with Gasteiger partial charge in [-0.3, -0.25) is 9.59 Å². The molecule has 4 heteroatoms. The van der Waals surface area contributed by atoms with Crippen molar-refractivity contribution in [3.8, 4) is 5.75 Å². The molecule has 0 heterocycles. The van der Waals surface area contributed by atoms with Gasteiger partial charge in [0.1, 0.15) is 5.75 Å². The van der Waals surface area contributed by atoms with E-state index in [1.807, 2.05) is 13.8 Å². The van der Waals surface area contributed by atoms with Crippen LogP contribution in [0, 0.1) is 5.92 Å². The summed E-state index contributed by atoms with van der Waals surface area (Å²) in [5, 5.41) is 0. The Morgan fingerprint density at radius 3 is 2.50 bits per heavy atom. The summed E-state index contributed by atoms with van der Waals surface area (Å²) in [6.07, 6.45) is 3.24. The summed E-state index contributed by atoms with van der Waals surface area (Å²) in [6.45, 7) is 5.66. The molecular formula is C18H19NO3. The van der Waals surface area contributed by atoms with E-state index in [2.05, 4.69) is 4.99 Å². The third kappa shape index (κ3) is 3.22. The summed E-state index contributed by atoms with van der Waals surface area (Å²) in [7, 11) is 1.51. The Morgan fingerprint density at radius 2 is 1.86 bits per heavy atom. The van der Waals surface area contributed by atoms with Crippen LogP contribution in [0.1, 0.15) is 31.1 Å². The zero-order valence-electron chi connectivity index (χ0n) is 13.2. The van der Waals surface area contributed by atoms with Gasteiger partial charge >= 0.3 is 0 Å². The normalized spacial score (nSPS) is 16.6. The Bertz CT molecular complexity index is 709. The van der Waals surface area contributed by atoms with Gasteiger partial charge in [-0.05, 0) is 42.7 Å². The van der Waals surface area contributed by atoms with E-state index in [0.717, 1.165) is 0 Å². The highest BCUT2D eigenvalue weighted by Crippen LogP contribution is 2.22. The molecule has 0 atom stereocenters. The van der Waals surface area contributed by atoms with E-state index in [1.54, 1.807) is 37.3 Å². The molecule has 114 valence electrons. The highest BCUT2D eigenvalue weighted by molar-refractivity contribution is 6.24. The fourth-order valence-electron chi connectivity index (χ4n) is 2.25. The quantitative estimate of drug-likeness (QED) is 0.804. The van der Waals surface area contributed by atoms with Crippen LogP contribution in [0.5, 0.6) is 5.75 Å². The van der Waals surface area contributed by atoms with Crippen LogP contribution < -0.4 is 4.74 Å². The SMILES string of the molecule is COc1ccccc1C(=O)N=C1C=C(C(C)C)C(=O)C=C1C. The van der Waals surface area contributed by atoms with Crippen molar-refractivity contribution in [3.63, 3.8) is 0 Å². The number of nitrogens with zero attached hydrogens (tertiary/aromatic N) is 1. The van der Waals surface area contributed by atoms with Crippen LogP contribution in [0.15, 0.2) is 52.6 Å². The van der Waals surface area contributed by atoms with Crippen LogP contribution in [-0.2, 0) is 4.79 Å². The number of para-hydroxylation sites is 1. The minimum atomic E-state index is -0.381. The monoisotopic (exact) mass is 297 g/mol. The van der Waals surface area contributed by atoms with E-state index in [4.69, 9.17) is 4.74 Å². The Labute approximate surface area is 130 Å². The molecule has 0 bridgehead atoms. The number of benzene rings is 1. The van der Waals surface area contributed by atoms with Gasteiger partial charge in [0.15, 0.2) is 5.78 Å². The molecule has 1 aliphatic carbocycles. The molecule has 1 aromatic carbocycles. The molecule has 0 N–H and O–H groups in total. The van der Waals surface area contributed by atoms with Crippen molar-refractivity contribution in [2.24, 2.45) is 10.9 Å². The summed E-state index contributed by atoms with van der Waals surface area (Å²) in [5.41, 5.74) is 2.29. The molecule has 22 heavy (non-hydrogen) atoms. The van der Waals surface area contributed by atoms with Crippen molar-refractivity contribution in [2.75, 3.05) is 7.11 Å². The molecule has 1 aliphatic rings. The number of amides is 1. The van der Waals surface area contributed by atoms with Gasteiger partial charge in [0.2, 0.25) is 0 Å². The molecular weight excluding hydrogens is 278 g/mol. The third-order valence-electron chi connectivity index (χ3n) is 3.51. The summed E-state index contributed by atoms with van der Waals surface area (Å²) >= 11 is 0. The van der Waals surface area contributed by atoms with Gasteiger partial charge in [0, 0.05) is 5.57 Å². The molecule has 0 aliphatic heterocycles. The summed E-state index contributed by atoms with van der Waals surface area (Å²) in [6, 6.07) is 6.95. The molecule has 1 aromatic rings. The first-order valence-electron chi connectivity index (χ1n) is 7.14. The predicted octanol–water partition coefficient (Wildman–Crippen LogP) is 3.39. The number of allylic oxidation sites excluding steroid dienone is 4. The van der Waals surface area contributed by atoms with Crippen molar-refractivity contribution in [3.05, 3.63) is 53.1 Å². The number of rotatable bonds is 3. The lowest BCUT2D eigenvalue weighted by atomic mass is 9.90. The lowest BCUT2D eigenvalue weighted by Crippen LogP contribution is -2.16. The van der Waals surface area contributed by atoms with Gasteiger partial charge in [0.05, 0.1) is 18.4 Å². The molecule has 0 saturated heterocycles. The Kier molecular flexibility index (Phi) is 4.71. The minimum absolute atomic E-state index is 0.0174. The summed E-state index contributed by atoms with van der Waals surface area (Å²) < 4.78 is 5.18. The van der Waals surface area contributed by atoms with Gasteiger partial charge in [0.25, 0.3) is 5.91 Å². The molecule has 2 rings (SSSR count). The maximum atomic E-state index is 12.4. The van der Waals surface area contributed by atoms with E-state index in [0.29, 0.717) is 28.2 Å².